The van der Waals surface area contributed by atoms with Gasteiger partial charge in [-0.3, -0.25) is 0 Å². The quantitative estimate of drug-likeness (QED) is 0.402. The van der Waals surface area contributed by atoms with E-state index in [9.17, 15) is 0 Å². The van der Waals surface area contributed by atoms with Crippen LogP contribution in [-0.4, -0.2) is 53.9 Å². The van der Waals surface area contributed by atoms with Gasteiger partial charge >= 0.3 is 0 Å². The van der Waals surface area contributed by atoms with Crippen LogP contribution in [0.5, 0.6) is 0 Å². The van der Waals surface area contributed by atoms with Gasteiger partial charge in [-0.25, -0.2) is 0 Å². The standard InChI is InChI=1S/C12H28N2O2.C4H12OSi.2CH4/c1-11(13)6-5-9-15-7-3-4-8-16-10-12(2)14;1-5-6(2,3)4;;/h11-12H,3-10,13-14H2,1-2H3;1-4H3;2*1H4. The molecule has 0 aromatic rings. The van der Waals surface area contributed by atoms with Crippen molar-refractivity contribution in [3.8, 4) is 0 Å². The van der Waals surface area contributed by atoms with Crippen LogP contribution in [0.1, 0.15) is 54.4 Å². The van der Waals surface area contributed by atoms with E-state index in [1.807, 2.05) is 13.8 Å². The first-order valence-electron chi connectivity index (χ1n) is 8.40. The number of ether oxygens (including phenoxy) is 2. The predicted octanol–water partition coefficient (Wildman–Crippen LogP) is 4.01. The predicted molar refractivity (Wildman–Crippen MR) is 111 cm³/mol. The first-order valence-corrected chi connectivity index (χ1v) is 11.8. The van der Waals surface area contributed by atoms with E-state index >= 15 is 0 Å². The van der Waals surface area contributed by atoms with Crippen LogP contribution in [0.25, 0.3) is 0 Å². The summed E-state index contributed by atoms with van der Waals surface area (Å²) in [4.78, 5) is 0. The molecule has 0 fully saturated rings. The fraction of sp³-hybridized carbons (Fsp3) is 1.00. The second-order valence-electron chi connectivity index (χ2n) is 6.81. The molecule has 2 unspecified atom stereocenters. The summed E-state index contributed by atoms with van der Waals surface area (Å²) in [5, 5.41) is 0. The zero-order chi connectivity index (χ0) is 17.4. The smallest absolute Gasteiger partial charge is 0.183 e. The first kappa shape index (κ1) is 31.8. The SMILES string of the molecule is C.C.CC(N)CCCOCCCCOCC(C)N.CO[Si](C)(C)C. The van der Waals surface area contributed by atoms with Crippen molar-refractivity contribution in [1.82, 2.24) is 0 Å². The van der Waals surface area contributed by atoms with Crippen molar-refractivity contribution in [3.63, 3.8) is 0 Å². The molecule has 0 spiro atoms. The maximum atomic E-state index is 5.63. The lowest BCUT2D eigenvalue weighted by Crippen LogP contribution is -2.22. The van der Waals surface area contributed by atoms with Gasteiger partial charge in [-0.05, 0) is 59.2 Å². The number of hydrogen-bond acceptors (Lipinski definition) is 5. The summed E-state index contributed by atoms with van der Waals surface area (Å²) in [6, 6.07) is 0.421. The molecular weight excluding hydrogens is 320 g/mol. The van der Waals surface area contributed by atoms with E-state index in [1.54, 1.807) is 7.11 Å². The zero-order valence-corrected chi connectivity index (χ0v) is 16.7. The van der Waals surface area contributed by atoms with Crippen LogP contribution in [0.3, 0.4) is 0 Å². The van der Waals surface area contributed by atoms with Gasteiger partial charge in [0.05, 0.1) is 6.61 Å². The molecule has 0 aromatic carbocycles. The van der Waals surface area contributed by atoms with Gasteiger partial charge in [0.25, 0.3) is 0 Å². The van der Waals surface area contributed by atoms with E-state index in [2.05, 4.69) is 19.6 Å². The van der Waals surface area contributed by atoms with Gasteiger partial charge < -0.3 is 25.4 Å². The Morgan fingerprint density at radius 3 is 1.58 bits per heavy atom. The van der Waals surface area contributed by atoms with Crippen molar-refractivity contribution in [1.29, 1.82) is 0 Å². The Morgan fingerprint density at radius 1 is 0.792 bits per heavy atom. The lowest BCUT2D eigenvalue weighted by atomic mass is 10.2. The molecule has 0 bridgehead atoms. The summed E-state index contributed by atoms with van der Waals surface area (Å²) in [6.45, 7) is 13.5. The Kier molecular flexibility index (Phi) is 27.9. The van der Waals surface area contributed by atoms with E-state index in [4.69, 9.17) is 25.4 Å². The zero-order valence-electron chi connectivity index (χ0n) is 15.7. The Labute approximate surface area is 153 Å². The average molecular weight is 369 g/mol. The van der Waals surface area contributed by atoms with E-state index in [-0.39, 0.29) is 26.9 Å². The van der Waals surface area contributed by atoms with Crippen LogP contribution >= 0.6 is 0 Å². The van der Waals surface area contributed by atoms with Gasteiger partial charge in [-0.1, -0.05) is 14.9 Å². The normalized spacial score (nSPS) is 13.0. The molecule has 4 N–H and O–H groups in total. The maximum absolute atomic E-state index is 5.63. The topological polar surface area (TPSA) is 79.7 Å². The molecule has 0 heterocycles. The summed E-state index contributed by atoms with van der Waals surface area (Å²) < 4.78 is 15.9. The maximum Gasteiger partial charge on any atom is 0.183 e. The highest BCUT2D eigenvalue weighted by Gasteiger charge is 2.09. The van der Waals surface area contributed by atoms with Crippen molar-refractivity contribution < 1.29 is 13.9 Å². The summed E-state index contributed by atoms with van der Waals surface area (Å²) in [6.07, 6.45) is 4.19. The minimum absolute atomic E-state index is 0. The Balaban J connectivity index is -0.000000215. The Bertz CT molecular complexity index is 207. The summed E-state index contributed by atoms with van der Waals surface area (Å²) in [5.41, 5.74) is 11.2. The molecule has 5 nitrogen and oxygen atoms in total. The highest BCUT2D eigenvalue weighted by molar-refractivity contribution is 6.69. The Morgan fingerprint density at radius 2 is 1.21 bits per heavy atom. The molecular formula is C18H48N2O3Si. The average Bonchev–Trinajstić information content (AvgIpc) is 2.40. The molecule has 0 aromatic heterocycles. The van der Waals surface area contributed by atoms with Crippen LogP contribution in [0.2, 0.25) is 19.6 Å². The van der Waals surface area contributed by atoms with Gasteiger partial charge in [0.1, 0.15) is 0 Å². The van der Waals surface area contributed by atoms with Crippen LogP contribution in [0.15, 0.2) is 0 Å². The fourth-order valence-corrected chi connectivity index (χ4v) is 1.29. The Hall–Kier alpha value is 0.0169. The van der Waals surface area contributed by atoms with Crippen molar-refractivity contribution in [3.05, 3.63) is 0 Å². The van der Waals surface area contributed by atoms with Crippen molar-refractivity contribution in [2.24, 2.45) is 11.5 Å². The minimum atomic E-state index is -1.13. The second kappa shape index (κ2) is 21.1. The molecule has 152 valence electrons. The lowest BCUT2D eigenvalue weighted by molar-refractivity contribution is 0.0965. The van der Waals surface area contributed by atoms with Gasteiger partial charge in [0.15, 0.2) is 8.32 Å². The van der Waals surface area contributed by atoms with Crippen LogP contribution in [-0.2, 0) is 13.9 Å². The minimum Gasteiger partial charge on any atom is -0.421 e. The van der Waals surface area contributed by atoms with Gasteiger partial charge in [0, 0.05) is 39.0 Å². The third kappa shape index (κ3) is 37.9. The number of rotatable bonds is 12. The van der Waals surface area contributed by atoms with Crippen molar-refractivity contribution in [2.45, 2.75) is 86.1 Å². The molecule has 0 rings (SSSR count). The molecule has 6 heteroatoms. The number of nitrogens with two attached hydrogens (primary N) is 2. The molecule has 0 amide bonds. The monoisotopic (exact) mass is 368 g/mol. The van der Waals surface area contributed by atoms with E-state index < -0.39 is 8.32 Å². The third-order valence-electron chi connectivity index (χ3n) is 2.77. The van der Waals surface area contributed by atoms with Crippen molar-refractivity contribution in [2.75, 3.05) is 33.5 Å². The third-order valence-corrected chi connectivity index (χ3v) is 3.99. The fourth-order valence-electron chi connectivity index (χ4n) is 1.29. The van der Waals surface area contributed by atoms with Gasteiger partial charge in [-0.15, -0.1) is 0 Å². The molecule has 0 aliphatic carbocycles. The first-order chi connectivity index (χ1) is 10.2. The highest BCUT2D eigenvalue weighted by atomic mass is 28.4. The molecule has 0 radical (unpaired) electrons. The van der Waals surface area contributed by atoms with Gasteiger partial charge in [0.2, 0.25) is 0 Å². The van der Waals surface area contributed by atoms with Crippen LogP contribution in [0, 0.1) is 0 Å². The summed E-state index contributed by atoms with van der Waals surface area (Å²) in [7, 11) is 0.639. The molecule has 0 aliphatic rings. The van der Waals surface area contributed by atoms with E-state index in [0.717, 1.165) is 45.5 Å². The summed E-state index contributed by atoms with van der Waals surface area (Å²) in [5.74, 6) is 0. The van der Waals surface area contributed by atoms with Crippen LogP contribution < -0.4 is 11.5 Å². The number of unbranched alkanes of at least 4 members (excludes halogenated alkanes) is 1. The van der Waals surface area contributed by atoms with Crippen LogP contribution in [0.4, 0.5) is 0 Å². The lowest BCUT2D eigenvalue weighted by Gasteiger charge is -2.10. The van der Waals surface area contributed by atoms with Gasteiger partial charge in [-0.2, -0.15) is 0 Å². The largest absolute Gasteiger partial charge is 0.421 e. The van der Waals surface area contributed by atoms with Crippen molar-refractivity contribution >= 4 is 8.32 Å². The highest BCUT2D eigenvalue weighted by Crippen LogP contribution is 1.97. The van der Waals surface area contributed by atoms with E-state index in [1.165, 1.54) is 0 Å². The van der Waals surface area contributed by atoms with E-state index in [0.29, 0.717) is 6.61 Å². The molecule has 2 atom stereocenters. The molecule has 0 aliphatic heterocycles. The molecule has 24 heavy (non-hydrogen) atoms. The number of hydrogen-bond donors (Lipinski definition) is 2. The molecule has 0 saturated heterocycles. The summed E-state index contributed by atoms with van der Waals surface area (Å²) >= 11 is 0. The molecule has 0 saturated carbocycles. The second-order valence-corrected chi connectivity index (χ2v) is 11.4.